The second-order valence-corrected chi connectivity index (χ2v) is 4.99. The van der Waals surface area contributed by atoms with Crippen LogP contribution in [0.25, 0.3) is 17.1 Å². The molecule has 0 spiro atoms. The summed E-state index contributed by atoms with van der Waals surface area (Å²) in [6, 6.07) is 5.79. The molecule has 3 heterocycles. The third kappa shape index (κ3) is 1.51. The smallest absolute Gasteiger partial charge is 0.160 e. The number of rotatable bonds is 0. The van der Waals surface area contributed by atoms with Crippen LogP contribution < -0.4 is 0 Å². The molecule has 6 heteroatoms. The van der Waals surface area contributed by atoms with Crippen molar-refractivity contribution in [1.82, 2.24) is 24.3 Å². The lowest BCUT2D eigenvalue weighted by Gasteiger charge is -2.08. The molecule has 0 radical (unpaired) electrons. The predicted molar refractivity (Wildman–Crippen MR) is 71.4 cm³/mol. The Bertz CT molecular complexity index is 786. The quantitative estimate of drug-likeness (QED) is 0.494. The highest BCUT2D eigenvalue weighted by atomic mass is 35.5. The molecule has 1 aliphatic heterocycles. The fourth-order valence-corrected chi connectivity index (χ4v) is 2.64. The molecule has 1 aliphatic rings. The number of hydrogen-bond donors (Lipinski definition) is 0. The monoisotopic (exact) mass is 271 g/mol. The molecule has 2 aromatic heterocycles. The molecule has 5 nitrogen and oxygen atoms in total. The molecule has 4 rings (SSSR count). The largest absolute Gasteiger partial charge is 0.301 e. The van der Waals surface area contributed by atoms with Gasteiger partial charge in [0, 0.05) is 10.6 Å². The van der Waals surface area contributed by atoms with E-state index < -0.39 is 0 Å². The van der Waals surface area contributed by atoms with Crippen LogP contribution in [-0.4, -0.2) is 24.3 Å². The van der Waals surface area contributed by atoms with Crippen molar-refractivity contribution in [3.05, 3.63) is 47.3 Å². The zero-order chi connectivity index (χ0) is 13.0. The Morgan fingerprint density at radius 3 is 3.11 bits per heavy atom. The Morgan fingerprint density at radius 1 is 1.32 bits per heavy atom. The molecular weight excluding hydrogens is 262 g/mol. The molecule has 0 N–H and O–H groups in total. The topological polar surface area (TPSA) is 48.5 Å². The van der Waals surface area contributed by atoms with E-state index in [2.05, 4.69) is 19.6 Å². The minimum atomic E-state index is 0.655. The van der Waals surface area contributed by atoms with Gasteiger partial charge in [-0.3, -0.25) is 0 Å². The van der Waals surface area contributed by atoms with Crippen molar-refractivity contribution in [2.24, 2.45) is 0 Å². The highest BCUT2D eigenvalue weighted by Gasteiger charge is 2.21. The van der Waals surface area contributed by atoms with Gasteiger partial charge in [-0.1, -0.05) is 11.6 Å². The van der Waals surface area contributed by atoms with Crippen LogP contribution in [0, 0.1) is 6.92 Å². The summed E-state index contributed by atoms with van der Waals surface area (Å²) < 4.78 is 3.95. The van der Waals surface area contributed by atoms with Crippen molar-refractivity contribution in [3.8, 4) is 17.1 Å². The van der Waals surface area contributed by atoms with Gasteiger partial charge in [-0.05, 0) is 25.1 Å². The molecule has 0 atom stereocenters. The van der Waals surface area contributed by atoms with E-state index in [1.807, 2.05) is 36.0 Å². The number of benzene rings is 1. The maximum absolute atomic E-state index is 6.12. The number of fused-ring (bicyclic) bond motifs is 5. The summed E-state index contributed by atoms with van der Waals surface area (Å²) in [5, 5.41) is 5.13. The van der Waals surface area contributed by atoms with Crippen LogP contribution in [0.15, 0.2) is 30.7 Å². The third-order valence-corrected chi connectivity index (χ3v) is 3.50. The van der Waals surface area contributed by atoms with Gasteiger partial charge in [-0.15, -0.1) is 0 Å². The van der Waals surface area contributed by atoms with Crippen LogP contribution in [0.1, 0.15) is 11.5 Å². The van der Waals surface area contributed by atoms with Crippen LogP contribution in [0.3, 0.4) is 0 Å². The molecule has 19 heavy (non-hydrogen) atoms. The first kappa shape index (κ1) is 10.8. The summed E-state index contributed by atoms with van der Waals surface area (Å²) in [4.78, 5) is 8.73. The molecule has 0 amide bonds. The van der Waals surface area contributed by atoms with Crippen molar-refractivity contribution in [1.29, 1.82) is 0 Å². The molecule has 0 saturated heterocycles. The van der Waals surface area contributed by atoms with E-state index in [1.54, 1.807) is 6.33 Å². The molecule has 0 unspecified atom stereocenters. The van der Waals surface area contributed by atoms with Gasteiger partial charge in [0.25, 0.3) is 0 Å². The van der Waals surface area contributed by atoms with Crippen LogP contribution in [-0.2, 0) is 6.54 Å². The molecule has 1 aromatic carbocycles. The fraction of sp³-hybridized carbons (Fsp3) is 0.154. The van der Waals surface area contributed by atoms with Gasteiger partial charge < -0.3 is 4.57 Å². The van der Waals surface area contributed by atoms with Gasteiger partial charge in [0.15, 0.2) is 5.82 Å². The fourth-order valence-electron chi connectivity index (χ4n) is 2.47. The molecule has 3 aromatic rings. The number of nitrogens with zero attached hydrogens (tertiary/aromatic N) is 5. The Morgan fingerprint density at radius 2 is 2.21 bits per heavy atom. The van der Waals surface area contributed by atoms with Gasteiger partial charge in [0.1, 0.15) is 5.82 Å². The lowest BCUT2D eigenvalue weighted by atomic mass is 10.1. The van der Waals surface area contributed by atoms with E-state index in [4.69, 9.17) is 11.6 Å². The molecule has 0 fully saturated rings. The van der Waals surface area contributed by atoms with Crippen molar-refractivity contribution in [3.63, 3.8) is 0 Å². The first-order chi connectivity index (χ1) is 9.22. The zero-order valence-corrected chi connectivity index (χ0v) is 11.0. The Kier molecular flexibility index (Phi) is 2.08. The van der Waals surface area contributed by atoms with E-state index in [-0.39, 0.29) is 0 Å². The van der Waals surface area contributed by atoms with Gasteiger partial charge in [-0.25, -0.2) is 14.6 Å². The molecular formula is C13H10ClN5. The number of imidazole rings is 1. The number of halogens is 1. The van der Waals surface area contributed by atoms with Crippen molar-refractivity contribution in [2.45, 2.75) is 13.5 Å². The van der Waals surface area contributed by atoms with Gasteiger partial charge in [0.2, 0.25) is 0 Å². The first-order valence-electron chi connectivity index (χ1n) is 5.95. The minimum absolute atomic E-state index is 0.655. The van der Waals surface area contributed by atoms with Crippen LogP contribution in [0.4, 0.5) is 0 Å². The maximum Gasteiger partial charge on any atom is 0.160 e. The first-order valence-corrected chi connectivity index (χ1v) is 6.33. The lowest BCUT2D eigenvalue weighted by molar-refractivity contribution is 0.671. The normalized spacial score (nSPS) is 12.5. The van der Waals surface area contributed by atoms with Gasteiger partial charge >= 0.3 is 0 Å². The Balaban J connectivity index is 2.12. The summed E-state index contributed by atoms with van der Waals surface area (Å²) >= 11 is 6.12. The van der Waals surface area contributed by atoms with Gasteiger partial charge in [-0.2, -0.15) is 5.10 Å². The van der Waals surface area contributed by atoms with Crippen LogP contribution in [0.2, 0.25) is 5.02 Å². The third-order valence-electron chi connectivity index (χ3n) is 3.26. The summed E-state index contributed by atoms with van der Waals surface area (Å²) in [5.74, 6) is 1.60. The predicted octanol–water partition coefficient (Wildman–Crippen LogP) is 2.45. The van der Waals surface area contributed by atoms with Crippen molar-refractivity contribution < 1.29 is 0 Å². The summed E-state index contributed by atoms with van der Waals surface area (Å²) in [5.41, 5.74) is 3.08. The number of hydrogen-bond acceptors (Lipinski definition) is 3. The second-order valence-electron chi connectivity index (χ2n) is 4.56. The van der Waals surface area contributed by atoms with Crippen molar-refractivity contribution in [2.75, 3.05) is 0 Å². The Labute approximate surface area is 114 Å². The minimum Gasteiger partial charge on any atom is -0.301 e. The molecule has 0 bridgehead atoms. The zero-order valence-electron chi connectivity index (χ0n) is 10.2. The van der Waals surface area contributed by atoms with Crippen molar-refractivity contribution >= 4 is 11.6 Å². The van der Waals surface area contributed by atoms with E-state index >= 15 is 0 Å². The SMILES string of the molecule is Cc1nc2n(n1)Cc1cncn1-c1ccc(Cl)cc1-2. The standard InChI is InChI=1S/C13H10ClN5/c1-8-16-13-11-4-9(14)2-3-12(11)18-7-15-5-10(18)6-19(13)17-8/h2-5,7H,6H2,1H3. The summed E-state index contributed by atoms with van der Waals surface area (Å²) in [6.45, 7) is 2.55. The maximum atomic E-state index is 6.12. The van der Waals surface area contributed by atoms with E-state index in [9.17, 15) is 0 Å². The average Bonchev–Trinajstić information content (AvgIpc) is 2.95. The number of aromatic nitrogens is 5. The van der Waals surface area contributed by atoms with Crippen LogP contribution in [0.5, 0.6) is 0 Å². The molecule has 0 saturated carbocycles. The van der Waals surface area contributed by atoms with Crippen LogP contribution >= 0.6 is 11.6 Å². The average molecular weight is 272 g/mol. The number of aryl methyl sites for hydroxylation is 1. The van der Waals surface area contributed by atoms with E-state index in [0.29, 0.717) is 11.6 Å². The van der Waals surface area contributed by atoms with E-state index in [1.165, 1.54) is 0 Å². The highest BCUT2D eigenvalue weighted by Crippen LogP contribution is 2.32. The molecule has 0 aliphatic carbocycles. The van der Waals surface area contributed by atoms with E-state index in [0.717, 1.165) is 28.6 Å². The van der Waals surface area contributed by atoms with Gasteiger partial charge in [0.05, 0.1) is 30.5 Å². The second kappa shape index (κ2) is 3.68. The Hall–Kier alpha value is -2.14. The summed E-state index contributed by atoms with van der Waals surface area (Å²) in [7, 11) is 0. The molecule has 94 valence electrons. The highest BCUT2D eigenvalue weighted by molar-refractivity contribution is 6.31. The lowest BCUT2D eigenvalue weighted by Crippen LogP contribution is -2.04. The summed E-state index contributed by atoms with van der Waals surface area (Å²) in [6.07, 6.45) is 3.66.